The van der Waals surface area contributed by atoms with Crippen LogP contribution < -0.4 is 5.32 Å². The molecule has 2 rings (SSSR count). The Kier molecular flexibility index (Phi) is 5.47. The number of hydrogen-bond acceptors (Lipinski definition) is 4. The van der Waals surface area contributed by atoms with Crippen LogP contribution in [0.4, 0.5) is 10.5 Å². The number of carbonyl (C=O) groups excluding carboxylic acids is 1. The highest BCUT2D eigenvalue weighted by atomic mass is 35.5. The Hall–Kier alpha value is -1.72. The molecule has 21 heavy (non-hydrogen) atoms. The van der Waals surface area contributed by atoms with Crippen LogP contribution in [0.25, 0.3) is 0 Å². The van der Waals surface area contributed by atoms with Gasteiger partial charge in [-0.2, -0.15) is 0 Å². The van der Waals surface area contributed by atoms with E-state index in [9.17, 15) is 4.79 Å². The first kappa shape index (κ1) is 15.7. The van der Waals surface area contributed by atoms with E-state index in [4.69, 9.17) is 16.3 Å². The predicted molar refractivity (Wildman–Crippen MR) is 86.0 cm³/mol. The van der Waals surface area contributed by atoms with E-state index >= 15 is 0 Å². The Morgan fingerprint density at radius 2 is 2.10 bits per heavy atom. The van der Waals surface area contributed by atoms with Crippen LogP contribution in [0.1, 0.15) is 11.3 Å². The molecule has 0 saturated heterocycles. The highest BCUT2D eigenvalue weighted by molar-refractivity contribution is 7.98. The molecule has 2 aromatic rings. The minimum atomic E-state index is -0.554. The third kappa shape index (κ3) is 4.37. The molecule has 0 radical (unpaired) electrons. The monoisotopic (exact) mass is 322 g/mol. The van der Waals surface area contributed by atoms with Crippen molar-refractivity contribution in [2.45, 2.75) is 18.4 Å². The van der Waals surface area contributed by atoms with Gasteiger partial charge >= 0.3 is 6.09 Å². The fourth-order valence-electron chi connectivity index (χ4n) is 1.74. The molecule has 1 aromatic heterocycles. The maximum atomic E-state index is 11.9. The number of thioether (sulfide) groups is 1. The number of benzene rings is 1. The number of halogens is 1. The lowest BCUT2D eigenvalue weighted by molar-refractivity contribution is 0.155. The van der Waals surface area contributed by atoms with Gasteiger partial charge in [-0.05, 0) is 24.8 Å². The Morgan fingerprint density at radius 1 is 1.38 bits per heavy atom. The van der Waals surface area contributed by atoms with Crippen molar-refractivity contribution in [1.82, 2.24) is 4.98 Å². The number of anilines is 1. The summed E-state index contributed by atoms with van der Waals surface area (Å²) in [7, 11) is 0. The van der Waals surface area contributed by atoms with Gasteiger partial charge in [0.05, 0.1) is 5.69 Å². The second-order valence-electron chi connectivity index (χ2n) is 4.32. The van der Waals surface area contributed by atoms with E-state index < -0.39 is 6.09 Å². The van der Waals surface area contributed by atoms with Gasteiger partial charge in [0.15, 0.2) is 5.15 Å². The minimum absolute atomic E-state index is 0.207. The van der Waals surface area contributed by atoms with E-state index in [1.54, 1.807) is 0 Å². The highest BCUT2D eigenvalue weighted by Crippen LogP contribution is 2.31. The van der Waals surface area contributed by atoms with Crippen LogP contribution in [0.5, 0.6) is 0 Å². The molecule has 0 unspecified atom stereocenters. The molecule has 0 aliphatic heterocycles. The molecule has 0 saturated carbocycles. The standard InChI is InChI=1S/C15H15ClN2O2S/c1-10-8-12(21-2)13(14(16)17-10)18-15(19)20-9-11-6-4-3-5-7-11/h3-8H,9H2,1-2H3,(H,18,19). The molecule has 1 aromatic carbocycles. The van der Waals surface area contributed by atoms with Gasteiger partial charge in [0, 0.05) is 10.6 Å². The topological polar surface area (TPSA) is 51.2 Å². The first-order valence-corrected chi connectivity index (χ1v) is 7.89. The van der Waals surface area contributed by atoms with E-state index in [-0.39, 0.29) is 11.8 Å². The number of hydrogen-bond donors (Lipinski definition) is 1. The third-order valence-electron chi connectivity index (χ3n) is 2.73. The fraction of sp³-hybridized carbons (Fsp3) is 0.200. The van der Waals surface area contributed by atoms with Gasteiger partial charge in [-0.3, -0.25) is 5.32 Å². The molecule has 4 nitrogen and oxygen atoms in total. The van der Waals surface area contributed by atoms with Crippen molar-refractivity contribution >= 4 is 35.1 Å². The summed E-state index contributed by atoms with van der Waals surface area (Å²) < 4.78 is 5.17. The molecule has 1 N–H and O–H groups in total. The molecule has 110 valence electrons. The van der Waals surface area contributed by atoms with Crippen molar-refractivity contribution in [3.05, 3.63) is 52.8 Å². The highest BCUT2D eigenvalue weighted by Gasteiger charge is 2.13. The zero-order valence-electron chi connectivity index (χ0n) is 11.7. The second-order valence-corrected chi connectivity index (χ2v) is 5.52. The molecule has 0 atom stereocenters. The quantitative estimate of drug-likeness (QED) is 0.664. The Bertz CT molecular complexity index is 635. The summed E-state index contributed by atoms with van der Waals surface area (Å²) in [5, 5.41) is 2.91. The van der Waals surface area contributed by atoms with E-state index in [2.05, 4.69) is 10.3 Å². The molecular weight excluding hydrogens is 308 g/mol. The van der Waals surface area contributed by atoms with Gasteiger partial charge < -0.3 is 4.74 Å². The van der Waals surface area contributed by atoms with Crippen molar-refractivity contribution in [1.29, 1.82) is 0 Å². The molecule has 0 fully saturated rings. The Balaban J connectivity index is 2.03. The number of aryl methyl sites for hydroxylation is 1. The molecule has 0 bridgehead atoms. The summed E-state index contributed by atoms with van der Waals surface area (Å²) in [5.74, 6) is 0. The Labute approximate surface area is 132 Å². The van der Waals surface area contributed by atoms with Gasteiger partial charge in [0.25, 0.3) is 0 Å². The van der Waals surface area contributed by atoms with E-state index in [1.165, 1.54) is 11.8 Å². The smallest absolute Gasteiger partial charge is 0.412 e. The third-order valence-corrected chi connectivity index (χ3v) is 3.76. The van der Waals surface area contributed by atoms with Crippen LogP contribution in [0.15, 0.2) is 41.3 Å². The summed E-state index contributed by atoms with van der Waals surface area (Å²) in [6.45, 7) is 2.06. The van der Waals surface area contributed by atoms with Gasteiger partial charge in [0.2, 0.25) is 0 Å². The average Bonchev–Trinajstić information content (AvgIpc) is 2.48. The summed E-state index contributed by atoms with van der Waals surface area (Å²) in [5.41, 5.74) is 2.20. The van der Waals surface area contributed by atoms with Crippen molar-refractivity contribution in [2.75, 3.05) is 11.6 Å². The molecular formula is C15H15ClN2O2S. The van der Waals surface area contributed by atoms with E-state index in [0.717, 1.165) is 16.2 Å². The van der Waals surface area contributed by atoms with Crippen LogP contribution in [0.2, 0.25) is 5.15 Å². The summed E-state index contributed by atoms with van der Waals surface area (Å²) in [6, 6.07) is 11.3. The predicted octanol–water partition coefficient (Wildman–Crippen LogP) is 4.51. The van der Waals surface area contributed by atoms with E-state index in [1.807, 2.05) is 49.6 Å². The largest absolute Gasteiger partial charge is 0.444 e. The molecule has 1 heterocycles. The number of pyridine rings is 1. The number of rotatable bonds is 4. The van der Waals surface area contributed by atoms with Gasteiger partial charge in [-0.25, -0.2) is 9.78 Å². The molecule has 0 aliphatic rings. The molecule has 0 aliphatic carbocycles. The molecule has 0 spiro atoms. The minimum Gasteiger partial charge on any atom is -0.444 e. The maximum absolute atomic E-state index is 11.9. The lowest BCUT2D eigenvalue weighted by Crippen LogP contribution is -2.15. The number of amides is 1. The fourth-order valence-corrected chi connectivity index (χ4v) is 2.72. The zero-order valence-corrected chi connectivity index (χ0v) is 13.3. The van der Waals surface area contributed by atoms with Crippen LogP contribution >= 0.6 is 23.4 Å². The first-order valence-electron chi connectivity index (χ1n) is 6.29. The van der Waals surface area contributed by atoms with Crippen molar-refractivity contribution in [3.63, 3.8) is 0 Å². The average molecular weight is 323 g/mol. The van der Waals surface area contributed by atoms with Crippen LogP contribution in [0.3, 0.4) is 0 Å². The van der Waals surface area contributed by atoms with Crippen LogP contribution in [-0.2, 0) is 11.3 Å². The maximum Gasteiger partial charge on any atom is 0.412 e. The first-order chi connectivity index (χ1) is 10.1. The number of ether oxygens (including phenoxy) is 1. The zero-order chi connectivity index (χ0) is 15.2. The summed E-state index contributed by atoms with van der Waals surface area (Å²) in [6.07, 6.45) is 1.35. The van der Waals surface area contributed by atoms with E-state index in [0.29, 0.717) is 5.69 Å². The number of nitrogens with one attached hydrogen (secondary N) is 1. The van der Waals surface area contributed by atoms with Gasteiger partial charge in [-0.1, -0.05) is 41.9 Å². The Morgan fingerprint density at radius 3 is 2.76 bits per heavy atom. The lowest BCUT2D eigenvalue weighted by Gasteiger charge is -2.12. The van der Waals surface area contributed by atoms with Gasteiger partial charge in [0.1, 0.15) is 6.61 Å². The SMILES string of the molecule is CSc1cc(C)nc(Cl)c1NC(=O)OCc1ccccc1. The van der Waals surface area contributed by atoms with Gasteiger partial charge in [-0.15, -0.1) is 11.8 Å². The normalized spacial score (nSPS) is 10.2. The molecule has 6 heteroatoms. The summed E-state index contributed by atoms with van der Waals surface area (Å²) >= 11 is 7.57. The van der Waals surface area contributed by atoms with Crippen LogP contribution in [-0.4, -0.2) is 17.3 Å². The molecule has 1 amide bonds. The second kappa shape index (κ2) is 7.33. The van der Waals surface area contributed by atoms with Crippen molar-refractivity contribution in [3.8, 4) is 0 Å². The number of nitrogens with zero attached hydrogens (tertiary/aromatic N) is 1. The lowest BCUT2D eigenvalue weighted by atomic mass is 10.2. The summed E-state index contributed by atoms with van der Waals surface area (Å²) in [4.78, 5) is 16.8. The number of aromatic nitrogens is 1. The van der Waals surface area contributed by atoms with Crippen LogP contribution in [0, 0.1) is 6.92 Å². The van der Waals surface area contributed by atoms with Crippen molar-refractivity contribution in [2.24, 2.45) is 0 Å². The number of carbonyl (C=O) groups is 1. The van der Waals surface area contributed by atoms with Crippen molar-refractivity contribution < 1.29 is 9.53 Å².